The van der Waals surface area contributed by atoms with Crippen LogP contribution in [0.15, 0.2) is 17.1 Å². The molecule has 0 amide bonds. The second-order valence-electron chi connectivity index (χ2n) is 5.89. The Morgan fingerprint density at radius 2 is 1.63 bits per heavy atom. The predicted molar refractivity (Wildman–Crippen MR) is 86.6 cm³/mol. The summed E-state index contributed by atoms with van der Waals surface area (Å²) in [4.78, 5) is 57.5. The molecule has 0 saturated carbocycles. The molecule has 1 fully saturated rings. The van der Waals surface area contributed by atoms with Crippen LogP contribution in [0, 0.1) is 4.64 Å². The van der Waals surface area contributed by atoms with Crippen LogP contribution >= 0.6 is 35.2 Å². The van der Waals surface area contributed by atoms with E-state index in [0.29, 0.717) is 0 Å². The van der Waals surface area contributed by atoms with E-state index in [1.54, 1.807) is 0 Å². The van der Waals surface area contributed by atoms with Gasteiger partial charge in [-0.2, -0.15) is 8.78 Å². The van der Waals surface area contributed by atoms with E-state index < -0.39 is 65.3 Å². The van der Waals surface area contributed by atoms with E-state index in [1.165, 1.54) is 6.07 Å². The van der Waals surface area contributed by atoms with Crippen LogP contribution in [0.5, 0.6) is 0 Å². The molecule has 1 aromatic heterocycles. The zero-order valence-electron chi connectivity index (χ0n) is 18.5. The Bertz CT molecular complexity index is 1110. The molecular formula is C10H11F2N2Na4O13P3S. The van der Waals surface area contributed by atoms with Crippen molar-refractivity contribution in [2.24, 2.45) is 0 Å². The summed E-state index contributed by atoms with van der Waals surface area (Å²) in [5.74, 6) is 0. The number of alkyl halides is 2. The number of phosphoric ester groups is 1. The Morgan fingerprint density at radius 3 is 2.09 bits per heavy atom. The van der Waals surface area contributed by atoms with Gasteiger partial charge in [-0.1, -0.05) is 12.2 Å². The monoisotopic (exact) mass is 622 g/mol. The molecule has 0 aliphatic carbocycles. The van der Waals surface area contributed by atoms with Crippen LogP contribution in [0.4, 0.5) is 8.78 Å². The first-order chi connectivity index (χ1) is 13.9. The van der Waals surface area contributed by atoms with Gasteiger partial charge in [0.25, 0.3) is 7.82 Å². The molecule has 2 unspecified atom stereocenters. The molecule has 2 heterocycles. The van der Waals surface area contributed by atoms with Gasteiger partial charge in [0.2, 0.25) is 7.60 Å². The molecule has 0 bridgehead atoms. The molecule has 1 saturated heterocycles. The normalized spacial score (nSPS) is 25.5. The van der Waals surface area contributed by atoms with Crippen molar-refractivity contribution in [3.8, 4) is 0 Å². The van der Waals surface area contributed by atoms with E-state index >= 15 is 0 Å². The summed E-state index contributed by atoms with van der Waals surface area (Å²) in [6.07, 6.45) is -6.07. The van der Waals surface area contributed by atoms with E-state index in [2.05, 4.69) is 13.8 Å². The second kappa shape index (κ2) is 16.1. The average molecular weight is 622 g/mol. The minimum Gasteiger partial charge on any atom is -0.806 e. The van der Waals surface area contributed by atoms with Crippen molar-refractivity contribution in [1.29, 1.82) is 0 Å². The molecule has 1 aromatic rings. The van der Waals surface area contributed by atoms with Crippen LogP contribution in [-0.4, -0.2) is 50.1 Å². The fraction of sp³-hybridized carbons (Fsp3) is 0.600. The Morgan fingerprint density at radius 1 is 1.11 bits per heavy atom. The first kappa shape index (κ1) is 42.8. The molecule has 178 valence electrons. The van der Waals surface area contributed by atoms with E-state index in [1.807, 2.05) is 0 Å². The molecule has 35 heavy (non-hydrogen) atoms. The maximum Gasteiger partial charge on any atom is 1.00 e. The molecular weight excluding hydrogens is 611 g/mol. The Hall–Kier alpha value is 3.29. The number of hydrogen-bond donors (Lipinski definition) is 3. The van der Waals surface area contributed by atoms with Crippen LogP contribution in [0.1, 0.15) is 6.23 Å². The number of aliphatic hydroxyl groups excluding tert-OH is 2. The first-order valence-corrected chi connectivity index (χ1v) is 12.6. The summed E-state index contributed by atoms with van der Waals surface area (Å²) in [5.41, 5.74) is -0.891. The minimum atomic E-state index is -7.18. The van der Waals surface area contributed by atoms with Crippen molar-refractivity contribution in [1.82, 2.24) is 9.55 Å². The van der Waals surface area contributed by atoms with Gasteiger partial charge in [0.15, 0.2) is 6.23 Å². The topological polar surface area (TPSA) is 249 Å². The number of H-pyrrole nitrogens is 1. The average Bonchev–Trinajstić information content (AvgIpc) is 2.86. The number of phosphoric acid groups is 1. The number of aliphatic hydroxyl groups is 2. The van der Waals surface area contributed by atoms with Crippen LogP contribution in [0.25, 0.3) is 0 Å². The second-order valence-corrected chi connectivity index (χ2v) is 11.6. The fourth-order valence-electron chi connectivity index (χ4n) is 2.24. The standard InChI is InChI=1S/C10H15F2N2O13P3S.4Na/c11-10(12,28(18,19)20)29(21,22)27-30(23,24)25-3-4-6(15)7(16)8(26-4)14-2-1-5(31)13-9(14)17;;;;/h1-2,4,6-8,15-16H,3H2,(H,21,22)(H,23,24)(H,13,17,31)(H2,18,19,20);;;;/q;4*+1/p-4/t4-,6-,7-,8-;;;;/m1..../s1. The van der Waals surface area contributed by atoms with Crippen molar-refractivity contribution in [3.63, 3.8) is 0 Å². The number of nitrogens with one attached hydrogen (secondary N) is 1. The van der Waals surface area contributed by atoms with Crippen molar-refractivity contribution in [2.45, 2.75) is 29.9 Å². The zero-order valence-corrected chi connectivity index (χ0v) is 30.0. The van der Waals surface area contributed by atoms with E-state index in [-0.39, 0.29) is 123 Å². The van der Waals surface area contributed by atoms with Gasteiger partial charge in [0.05, 0.1) is 6.61 Å². The van der Waals surface area contributed by atoms with Gasteiger partial charge in [-0.15, -0.1) is 0 Å². The third-order valence-electron chi connectivity index (χ3n) is 3.73. The number of nitrogens with zero attached hydrogens (tertiary/aromatic N) is 1. The number of rotatable bonds is 8. The zero-order chi connectivity index (χ0) is 24.0. The third-order valence-corrected chi connectivity index (χ3v) is 8.88. The minimum absolute atomic E-state index is 0. The number of halogens is 2. The van der Waals surface area contributed by atoms with E-state index in [4.69, 9.17) is 17.0 Å². The van der Waals surface area contributed by atoms with Gasteiger partial charge in [-0.05, 0) is 6.07 Å². The molecule has 25 heteroatoms. The smallest absolute Gasteiger partial charge is 0.806 e. The molecule has 1 aliphatic heterocycles. The Balaban J connectivity index is -0.00000256. The summed E-state index contributed by atoms with van der Waals surface area (Å²) in [6.45, 7) is -1.33. The van der Waals surface area contributed by atoms with Crippen LogP contribution in [0.3, 0.4) is 0 Å². The number of ether oxygens (including phenoxy) is 1. The molecule has 6 atom stereocenters. The molecule has 15 nitrogen and oxygen atoms in total. The van der Waals surface area contributed by atoms with Gasteiger partial charge in [0.1, 0.15) is 23.0 Å². The van der Waals surface area contributed by atoms with Crippen LogP contribution < -0.4 is 143 Å². The number of aromatic nitrogens is 2. The number of hydrogen-bond acceptors (Lipinski definition) is 14. The van der Waals surface area contributed by atoms with E-state index in [0.717, 1.165) is 10.8 Å². The maximum atomic E-state index is 13.2. The van der Waals surface area contributed by atoms with Crippen molar-refractivity contribution in [2.75, 3.05) is 6.61 Å². The summed E-state index contributed by atoms with van der Waals surface area (Å²) in [7, 11) is -20.6. The molecule has 0 spiro atoms. The van der Waals surface area contributed by atoms with Crippen molar-refractivity contribution >= 4 is 35.2 Å². The van der Waals surface area contributed by atoms with Gasteiger partial charge in [-0.25, -0.2) is 4.79 Å². The predicted octanol–water partition coefficient (Wildman–Crippen LogP) is -14.9. The maximum absolute atomic E-state index is 13.2. The van der Waals surface area contributed by atoms with Gasteiger partial charge >= 0.3 is 129 Å². The van der Waals surface area contributed by atoms with Crippen LogP contribution in [-0.2, 0) is 27.3 Å². The Labute approximate surface area is 288 Å². The van der Waals surface area contributed by atoms with Gasteiger partial charge < -0.3 is 48.2 Å². The SMILES string of the molecule is O=c1[nH]c(=S)ccn1[C@@H]1O[C@H](COP(=O)([O-])OP(=O)([O-])C(F)(F)P(=O)([O-])[O-])[C@@H](O)[C@H]1O.[Na+].[Na+].[Na+].[Na+]. The van der Waals surface area contributed by atoms with Gasteiger partial charge in [-0.3, -0.25) is 18.4 Å². The van der Waals surface area contributed by atoms with Gasteiger partial charge in [0, 0.05) is 13.8 Å². The molecule has 2 rings (SSSR count). The third kappa shape index (κ3) is 10.6. The fourth-order valence-corrected chi connectivity index (χ4v) is 5.88. The summed E-state index contributed by atoms with van der Waals surface area (Å²) in [6, 6.07) is 1.21. The van der Waals surface area contributed by atoms with Crippen LogP contribution in [0.2, 0.25) is 0 Å². The summed E-state index contributed by atoms with van der Waals surface area (Å²) in [5, 5.41) is 13.8. The molecule has 0 radical (unpaired) electrons. The van der Waals surface area contributed by atoms with Crippen molar-refractivity contribution < 1.29 is 184 Å². The summed E-state index contributed by atoms with van der Waals surface area (Å²) < 4.78 is 72.2. The molecule has 0 aromatic carbocycles. The Kier molecular flexibility index (Phi) is 19.6. The molecule has 3 N–H and O–H groups in total. The number of aromatic amines is 1. The first-order valence-electron chi connectivity index (χ1n) is 7.61. The summed E-state index contributed by atoms with van der Waals surface area (Å²) >= 11 is 4.70. The van der Waals surface area contributed by atoms with E-state index in [9.17, 15) is 57.1 Å². The quantitative estimate of drug-likeness (QED) is 0.138. The van der Waals surface area contributed by atoms with Crippen molar-refractivity contribution in [3.05, 3.63) is 27.4 Å². The molecule has 1 aliphatic rings. The largest absolute Gasteiger partial charge is 1.00 e.